The fraction of sp³-hybridized carbons (Fsp3) is 0.302. The zero-order chi connectivity index (χ0) is 34.8. The van der Waals surface area contributed by atoms with Gasteiger partial charge in [-0.3, -0.25) is 0 Å². The number of halogens is 2. The first-order valence-corrected chi connectivity index (χ1v) is 23.8. The Morgan fingerprint density at radius 2 is 0.872 bits per heavy atom. The Hall–Kier alpha value is -2.22. The second kappa shape index (κ2) is 18.0. The van der Waals surface area contributed by atoms with Gasteiger partial charge in [0.05, 0.1) is 0 Å². The van der Waals surface area contributed by atoms with Gasteiger partial charge in [0.1, 0.15) is 0 Å². The second-order valence-electron chi connectivity index (χ2n) is 13.8. The molecule has 0 heterocycles. The van der Waals surface area contributed by atoms with E-state index >= 15 is 0 Å². The van der Waals surface area contributed by atoms with E-state index in [0.29, 0.717) is 0 Å². The van der Waals surface area contributed by atoms with Crippen molar-refractivity contribution >= 4 is 48.8 Å². The Bertz CT molecular complexity index is 1680. The van der Waals surface area contributed by atoms with Crippen molar-refractivity contribution in [3.05, 3.63) is 131 Å². The molecule has 6 rings (SSSR count). The molecule has 6 aromatic carbocycles. The summed E-state index contributed by atoms with van der Waals surface area (Å²) in [5.74, 6) is 0. The minimum atomic E-state index is -0.826. The zero-order valence-electron chi connectivity index (χ0n) is 29.6. The average molecular weight is 756 g/mol. The molecular formula is C43H49Cl2SiZr. The molecule has 0 bridgehead atoms. The van der Waals surface area contributed by atoms with Gasteiger partial charge in [-0.25, -0.2) is 0 Å². The Kier molecular flexibility index (Phi) is 15.0. The van der Waals surface area contributed by atoms with Gasteiger partial charge in [0.25, 0.3) is 0 Å². The third-order valence-electron chi connectivity index (χ3n) is 8.56. The number of hydrogen-bond acceptors (Lipinski definition) is 0. The van der Waals surface area contributed by atoms with E-state index in [1.807, 2.05) is 0 Å². The molecule has 4 heteroatoms. The van der Waals surface area contributed by atoms with Crippen LogP contribution in [0, 0.1) is 0 Å². The van der Waals surface area contributed by atoms with Gasteiger partial charge in [-0.1, -0.05) is 134 Å². The molecule has 0 atom stereocenters. The molecule has 0 unspecified atom stereocenters. The van der Waals surface area contributed by atoms with Gasteiger partial charge in [0, 0.05) is 10.2 Å². The van der Waals surface area contributed by atoms with Gasteiger partial charge >= 0.3 is 37.9 Å². The van der Waals surface area contributed by atoms with Crippen molar-refractivity contribution in [1.82, 2.24) is 0 Å². The summed E-state index contributed by atoms with van der Waals surface area (Å²) in [5.41, 5.74) is 11.3. The van der Waals surface area contributed by atoms with E-state index in [1.165, 1.54) is 66.1 Å². The molecule has 0 amide bonds. The molecule has 0 aliphatic rings. The minimum absolute atomic E-state index is 0.209. The van der Waals surface area contributed by atoms with Crippen molar-refractivity contribution in [3.63, 3.8) is 0 Å². The van der Waals surface area contributed by atoms with Crippen LogP contribution in [-0.2, 0) is 44.5 Å². The van der Waals surface area contributed by atoms with Gasteiger partial charge in [-0.05, 0) is 45.9 Å². The van der Waals surface area contributed by atoms with Gasteiger partial charge in [0.15, 0.2) is 0 Å². The Labute approximate surface area is 306 Å². The summed E-state index contributed by atoms with van der Waals surface area (Å²) < 4.78 is 0. The van der Waals surface area contributed by atoms with Crippen LogP contribution in [0.4, 0.5) is 0 Å². The van der Waals surface area contributed by atoms with Crippen LogP contribution >= 0.6 is 17.0 Å². The van der Waals surface area contributed by atoms with Crippen LogP contribution in [0.15, 0.2) is 109 Å². The second-order valence-corrected chi connectivity index (χ2v) is 17.5. The first-order chi connectivity index (χ1) is 22.4. The van der Waals surface area contributed by atoms with Crippen LogP contribution in [-0.4, -0.2) is 10.2 Å². The summed E-state index contributed by atoms with van der Waals surface area (Å²) in [6.07, 6.45) is 2.19. The summed E-state index contributed by atoms with van der Waals surface area (Å²) in [7, 11) is 12.8. The van der Waals surface area contributed by atoms with Crippen molar-refractivity contribution in [2.24, 2.45) is 0 Å². The molecule has 47 heavy (non-hydrogen) atoms. The monoisotopic (exact) mass is 753 g/mol. The van der Waals surface area contributed by atoms with E-state index < -0.39 is 20.8 Å². The molecule has 0 aliphatic heterocycles. The van der Waals surface area contributed by atoms with Crippen LogP contribution < -0.4 is 0 Å². The number of rotatable bonds is 4. The summed E-state index contributed by atoms with van der Waals surface area (Å²) in [5, 5.41) is 5.45. The molecule has 0 saturated heterocycles. The van der Waals surface area contributed by atoms with Crippen molar-refractivity contribution < 1.29 is 20.8 Å². The summed E-state index contributed by atoms with van der Waals surface area (Å²) in [6.45, 7) is 19.8. The van der Waals surface area contributed by atoms with Crippen LogP contribution in [0.25, 0.3) is 43.8 Å². The average Bonchev–Trinajstić information content (AvgIpc) is 3.70. The van der Waals surface area contributed by atoms with Gasteiger partial charge in [0.2, 0.25) is 0 Å². The molecule has 3 radical (unpaired) electrons. The molecule has 0 spiro atoms. The van der Waals surface area contributed by atoms with Gasteiger partial charge in [-0.15, -0.1) is 69.1 Å². The van der Waals surface area contributed by atoms with Crippen molar-refractivity contribution in [2.75, 3.05) is 0 Å². The fourth-order valence-electron chi connectivity index (χ4n) is 5.80. The van der Waals surface area contributed by atoms with Crippen molar-refractivity contribution in [2.45, 2.75) is 85.6 Å². The number of aryl methyl sites for hydroxylation is 2. The summed E-state index contributed by atoms with van der Waals surface area (Å²) in [4.78, 5) is 0. The fourth-order valence-corrected chi connectivity index (χ4v) is 5.80. The van der Waals surface area contributed by atoms with Crippen LogP contribution in [0.2, 0.25) is 6.55 Å². The van der Waals surface area contributed by atoms with Gasteiger partial charge < -0.3 is 0 Å². The Balaban J connectivity index is 0.000000225. The predicted molar refractivity (Wildman–Crippen MR) is 209 cm³/mol. The van der Waals surface area contributed by atoms with E-state index in [4.69, 9.17) is 17.0 Å². The standard InChI is InChI=1S/2C21H23.CH3Si.2ClH.Zr/c2*1-5-15-13-17-7-6-8-19(20(17)14-15)16-9-11-18(12-10-16)21(2,3)4;1-2;;;/h2*6-14H,5H2,1-4H3;1H3;2*1H;/q2*-1;;;;+4/p-2. The van der Waals surface area contributed by atoms with Crippen LogP contribution in [0.3, 0.4) is 0 Å². The van der Waals surface area contributed by atoms with Crippen LogP contribution in [0.1, 0.15) is 77.6 Å². The van der Waals surface area contributed by atoms with Gasteiger partial charge in [-0.2, -0.15) is 12.1 Å². The molecule has 0 fully saturated rings. The quantitative estimate of drug-likeness (QED) is 0.124. The van der Waals surface area contributed by atoms with Crippen LogP contribution in [0.5, 0.6) is 0 Å². The first kappa shape index (κ1) is 39.2. The topological polar surface area (TPSA) is 0 Å². The molecule has 243 valence electrons. The van der Waals surface area contributed by atoms with E-state index in [9.17, 15) is 0 Å². The molecule has 0 saturated carbocycles. The van der Waals surface area contributed by atoms with E-state index in [2.05, 4.69) is 175 Å². The van der Waals surface area contributed by atoms with E-state index in [-0.39, 0.29) is 10.8 Å². The van der Waals surface area contributed by atoms with Crippen molar-refractivity contribution in [1.29, 1.82) is 0 Å². The van der Waals surface area contributed by atoms with E-state index in [0.717, 1.165) is 12.8 Å². The molecule has 0 aromatic heterocycles. The van der Waals surface area contributed by atoms with E-state index in [1.54, 1.807) is 6.55 Å². The normalized spacial score (nSPS) is 11.1. The predicted octanol–water partition coefficient (Wildman–Crippen LogP) is 13.8. The summed E-state index contributed by atoms with van der Waals surface area (Å²) in [6, 6.07) is 40.6. The third-order valence-corrected chi connectivity index (χ3v) is 8.56. The number of benzene rings is 4. The Morgan fingerprint density at radius 1 is 0.553 bits per heavy atom. The molecular weight excluding hydrogens is 707 g/mol. The maximum atomic E-state index is 4.93. The third kappa shape index (κ3) is 10.4. The number of fused-ring (bicyclic) bond motifs is 2. The first-order valence-electron chi connectivity index (χ1n) is 16.4. The van der Waals surface area contributed by atoms with Crippen molar-refractivity contribution in [3.8, 4) is 22.3 Å². The maximum absolute atomic E-state index is 4.93. The Morgan fingerprint density at radius 3 is 1.15 bits per heavy atom. The molecule has 6 aromatic rings. The zero-order valence-corrected chi connectivity index (χ0v) is 34.5. The molecule has 0 aliphatic carbocycles. The summed E-state index contributed by atoms with van der Waals surface area (Å²) >= 11 is -0.826. The molecule has 0 N–H and O–H groups in total. The SMILES string of the molecule is CCc1cc2c(-c3ccc(C(C)(C)C)cc3)cccc2[cH-]1.CCc1cc2c(-c3ccc(C(C)(C)C)cc3)cccc2[cH-]1.C[Si].[Cl][Zr+2][Cl]. The number of hydrogen-bond donors (Lipinski definition) is 0. The molecule has 0 nitrogen and oxygen atoms in total.